The first-order chi connectivity index (χ1) is 12.4. The predicted molar refractivity (Wildman–Crippen MR) is 92.6 cm³/mol. The van der Waals surface area contributed by atoms with E-state index >= 15 is 0 Å². The molecule has 1 aromatic carbocycles. The third-order valence-electron chi connectivity index (χ3n) is 3.08. The third-order valence-corrected chi connectivity index (χ3v) is 4.13. The third kappa shape index (κ3) is 5.31. The lowest BCUT2D eigenvalue weighted by Crippen LogP contribution is -2.29. The maximum absolute atomic E-state index is 11.7. The number of primary amides is 1. The number of nitrogens with two attached hydrogens (primary N) is 1. The zero-order valence-electron chi connectivity index (χ0n) is 13.4. The monoisotopic (exact) mass is 377 g/mol. The molecule has 3 amide bonds. The zero-order valence-corrected chi connectivity index (χ0v) is 14.2. The van der Waals surface area contributed by atoms with Crippen molar-refractivity contribution in [1.82, 2.24) is 5.32 Å². The minimum atomic E-state index is -1.29. The number of nitrogens with one attached hydrogen (secondary N) is 2. The summed E-state index contributed by atoms with van der Waals surface area (Å²) in [5.74, 6) is -3.66. The van der Waals surface area contributed by atoms with Crippen LogP contribution in [0.3, 0.4) is 0 Å². The van der Waals surface area contributed by atoms with Crippen molar-refractivity contribution in [3.05, 3.63) is 52.4 Å². The Morgan fingerprint density at radius 2 is 1.85 bits per heavy atom. The van der Waals surface area contributed by atoms with Gasteiger partial charge in [0.25, 0.3) is 0 Å². The summed E-state index contributed by atoms with van der Waals surface area (Å²) in [6, 6.07) is 10.4. The van der Waals surface area contributed by atoms with Crippen LogP contribution < -0.4 is 16.4 Å². The van der Waals surface area contributed by atoms with E-state index in [1.54, 1.807) is 12.1 Å². The normalized spacial score (nSPS) is 10.0. The van der Waals surface area contributed by atoms with Crippen molar-refractivity contribution in [2.45, 2.75) is 13.2 Å². The number of carboxylic acids is 1. The van der Waals surface area contributed by atoms with E-state index in [1.807, 2.05) is 18.2 Å². The van der Waals surface area contributed by atoms with E-state index in [0.29, 0.717) is 4.88 Å². The van der Waals surface area contributed by atoms with Crippen molar-refractivity contribution >= 4 is 40.2 Å². The molecule has 10 heteroatoms. The van der Waals surface area contributed by atoms with E-state index in [0.717, 1.165) is 16.9 Å². The van der Waals surface area contributed by atoms with E-state index in [4.69, 9.17) is 15.6 Å². The van der Waals surface area contributed by atoms with Gasteiger partial charge in [-0.05, 0) is 11.6 Å². The van der Waals surface area contributed by atoms with E-state index in [1.165, 1.54) is 6.07 Å². The summed E-state index contributed by atoms with van der Waals surface area (Å²) in [5.41, 5.74) is 5.44. The highest BCUT2D eigenvalue weighted by atomic mass is 32.1. The minimum Gasteiger partial charge on any atom is -0.478 e. The molecule has 0 saturated heterocycles. The van der Waals surface area contributed by atoms with Crippen molar-refractivity contribution in [3.63, 3.8) is 0 Å². The molecule has 0 aliphatic heterocycles. The van der Waals surface area contributed by atoms with E-state index in [2.05, 4.69) is 10.6 Å². The first kappa shape index (κ1) is 18.9. The zero-order chi connectivity index (χ0) is 19.1. The van der Waals surface area contributed by atoms with Crippen LogP contribution in [-0.4, -0.2) is 29.0 Å². The van der Waals surface area contributed by atoms with Crippen LogP contribution in [0.15, 0.2) is 36.4 Å². The van der Waals surface area contributed by atoms with Crippen LogP contribution in [0.4, 0.5) is 9.80 Å². The maximum Gasteiger partial charge on any atom is 0.407 e. The van der Waals surface area contributed by atoms with Gasteiger partial charge in [0.2, 0.25) is 0 Å². The van der Waals surface area contributed by atoms with Crippen LogP contribution in [0.25, 0.3) is 0 Å². The topological polar surface area (TPSA) is 148 Å². The van der Waals surface area contributed by atoms with E-state index < -0.39 is 23.9 Å². The Bertz CT molecular complexity index is 834. The maximum atomic E-state index is 11.7. The largest absolute Gasteiger partial charge is 0.478 e. The summed E-state index contributed by atoms with van der Waals surface area (Å²) in [6.45, 7) is 0.0857. The Hall–Kier alpha value is -3.40. The molecule has 0 bridgehead atoms. The highest BCUT2D eigenvalue weighted by Crippen LogP contribution is 2.28. The Kier molecular flexibility index (Phi) is 6.28. The molecule has 0 unspecified atom stereocenters. The van der Waals surface area contributed by atoms with Gasteiger partial charge in [0.05, 0.1) is 12.1 Å². The number of aromatic carboxylic acids is 1. The van der Waals surface area contributed by atoms with E-state index in [-0.39, 0.29) is 23.7 Å². The van der Waals surface area contributed by atoms with Gasteiger partial charge in [0, 0.05) is 4.88 Å². The van der Waals surface area contributed by atoms with Crippen LogP contribution in [0.2, 0.25) is 0 Å². The fourth-order valence-electron chi connectivity index (χ4n) is 1.88. The number of amides is 3. The summed E-state index contributed by atoms with van der Waals surface area (Å²) in [7, 11) is 0. The van der Waals surface area contributed by atoms with Gasteiger partial charge in [-0.1, -0.05) is 30.3 Å². The summed E-state index contributed by atoms with van der Waals surface area (Å²) in [6.07, 6.45) is -0.679. The van der Waals surface area contributed by atoms with Gasteiger partial charge in [-0.2, -0.15) is 0 Å². The number of thiophene rings is 1. The van der Waals surface area contributed by atoms with Gasteiger partial charge < -0.3 is 26.2 Å². The Morgan fingerprint density at radius 3 is 2.46 bits per heavy atom. The second kappa shape index (κ2) is 8.62. The second-order valence-electron chi connectivity index (χ2n) is 4.99. The number of carbonyl (C=O) groups is 4. The molecule has 9 nitrogen and oxygen atoms in total. The SMILES string of the molecule is NC(=O)C(=O)Nc1sc(CNC(=O)OCc2ccccc2)cc1C(=O)O. The average Bonchev–Trinajstić information content (AvgIpc) is 3.02. The van der Waals surface area contributed by atoms with Crippen LogP contribution in [0.1, 0.15) is 20.8 Å². The summed E-state index contributed by atoms with van der Waals surface area (Å²) >= 11 is 0.899. The van der Waals surface area contributed by atoms with Crippen LogP contribution >= 0.6 is 11.3 Å². The number of carboxylic acid groups (broad SMARTS) is 1. The highest BCUT2D eigenvalue weighted by molar-refractivity contribution is 7.16. The first-order valence-corrected chi connectivity index (χ1v) is 8.10. The number of carbonyl (C=O) groups excluding carboxylic acids is 3. The number of hydrogen-bond acceptors (Lipinski definition) is 6. The number of hydrogen-bond donors (Lipinski definition) is 4. The fourth-order valence-corrected chi connectivity index (χ4v) is 2.86. The lowest BCUT2D eigenvalue weighted by Gasteiger charge is -2.06. The summed E-state index contributed by atoms with van der Waals surface area (Å²) in [4.78, 5) is 45.5. The Balaban J connectivity index is 1.94. The van der Waals surface area contributed by atoms with Crippen molar-refractivity contribution in [2.24, 2.45) is 5.73 Å². The first-order valence-electron chi connectivity index (χ1n) is 7.28. The van der Waals surface area contributed by atoms with Gasteiger partial charge in [-0.25, -0.2) is 9.59 Å². The molecule has 136 valence electrons. The molecule has 2 rings (SSSR count). The lowest BCUT2D eigenvalue weighted by molar-refractivity contribution is -0.134. The molecule has 1 heterocycles. The van der Waals surface area contributed by atoms with Crippen molar-refractivity contribution in [1.29, 1.82) is 0 Å². The minimum absolute atomic E-state index is 0.00892. The number of rotatable bonds is 6. The smallest absolute Gasteiger partial charge is 0.407 e. The number of anilines is 1. The van der Waals surface area contributed by atoms with Gasteiger partial charge in [-0.15, -0.1) is 11.3 Å². The van der Waals surface area contributed by atoms with Crippen molar-refractivity contribution < 1.29 is 29.0 Å². The molecular weight excluding hydrogens is 362 g/mol. The number of benzene rings is 1. The van der Waals surface area contributed by atoms with Crippen LogP contribution in [-0.2, 0) is 27.5 Å². The molecule has 0 saturated carbocycles. The Morgan fingerprint density at radius 1 is 1.15 bits per heavy atom. The quantitative estimate of drug-likeness (QED) is 0.558. The second-order valence-corrected chi connectivity index (χ2v) is 6.13. The lowest BCUT2D eigenvalue weighted by atomic mass is 10.2. The molecule has 5 N–H and O–H groups in total. The predicted octanol–water partition coefficient (Wildman–Crippen LogP) is 1.30. The standard InChI is InChI=1S/C16H15N3O6S/c17-12(20)13(21)19-14-11(15(22)23)6-10(26-14)7-18-16(24)25-8-9-4-2-1-3-5-9/h1-6H,7-8H2,(H2,17,20)(H,18,24)(H,19,21)(H,22,23). The molecule has 0 radical (unpaired) electrons. The summed E-state index contributed by atoms with van der Waals surface area (Å²) < 4.78 is 5.04. The van der Waals surface area contributed by atoms with Gasteiger partial charge in [-0.3, -0.25) is 9.59 Å². The van der Waals surface area contributed by atoms with Crippen LogP contribution in [0.5, 0.6) is 0 Å². The van der Waals surface area contributed by atoms with E-state index in [9.17, 15) is 19.2 Å². The number of alkyl carbamates (subject to hydrolysis) is 1. The average molecular weight is 377 g/mol. The molecule has 2 aromatic rings. The van der Waals surface area contributed by atoms with Gasteiger partial charge in [0.15, 0.2) is 0 Å². The summed E-state index contributed by atoms with van der Waals surface area (Å²) in [5, 5.41) is 13.7. The molecular formula is C16H15N3O6S. The fraction of sp³-hybridized carbons (Fsp3) is 0.125. The number of ether oxygens (including phenoxy) is 1. The van der Waals surface area contributed by atoms with Gasteiger partial charge >= 0.3 is 23.9 Å². The Labute approximate surface area is 151 Å². The molecule has 0 fully saturated rings. The van der Waals surface area contributed by atoms with Crippen molar-refractivity contribution in [3.8, 4) is 0 Å². The molecule has 0 aliphatic rings. The van der Waals surface area contributed by atoms with Crippen LogP contribution in [0, 0.1) is 0 Å². The highest BCUT2D eigenvalue weighted by Gasteiger charge is 2.19. The molecule has 1 aromatic heterocycles. The van der Waals surface area contributed by atoms with Crippen molar-refractivity contribution in [2.75, 3.05) is 5.32 Å². The molecule has 0 aliphatic carbocycles. The molecule has 0 spiro atoms. The van der Waals surface area contributed by atoms with Gasteiger partial charge in [0.1, 0.15) is 11.6 Å². The molecule has 0 atom stereocenters. The molecule has 26 heavy (non-hydrogen) atoms.